The highest BCUT2D eigenvalue weighted by molar-refractivity contribution is 8.42. The molecule has 2 aliphatic heterocycles. The molecular weight excluding hydrogens is 625 g/mol. The Hall–Kier alpha value is 0.680. The lowest BCUT2D eigenvalue weighted by molar-refractivity contribution is 0.707. The van der Waals surface area contributed by atoms with Crippen molar-refractivity contribution in [3.63, 3.8) is 0 Å². The summed E-state index contributed by atoms with van der Waals surface area (Å²) in [6.07, 6.45) is 10.8. The van der Waals surface area contributed by atoms with E-state index in [1.165, 1.54) is 101 Å². The molecular formula is C28H32S9. The van der Waals surface area contributed by atoms with Crippen LogP contribution in [-0.4, -0.2) is 11.5 Å². The quantitative estimate of drug-likeness (QED) is 0.157. The Morgan fingerprint density at radius 3 is 1.51 bits per heavy atom. The zero-order valence-corrected chi connectivity index (χ0v) is 28.6. The van der Waals surface area contributed by atoms with Crippen molar-refractivity contribution in [3.05, 3.63) is 52.0 Å². The molecule has 0 amide bonds. The molecule has 0 atom stereocenters. The van der Waals surface area contributed by atoms with Crippen LogP contribution >= 0.6 is 105 Å². The van der Waals surface area contributed by atoms with E-state index in [4.69, 9.17) is 0 Å². The Morgan fingerprint density at radius 1 is 0.595 bits per heavy atom. The third-order valence-electron chi connectivity index (χ3n) is 5.87. The van der Waals surface area contributed by atoms with Crippen LogP contribution in [0.4, 0.5) is 0 Å². The summed E-state index contributed by atoms with van der Waals surface area (Å²) >= 11 is 18.1. The molecule has 0 fully saturated rings. The lowest BCUT2D eigenvalue weighted by Crippen LogP contribution is -1.83. The van der Waals surface area contributed by atoms with Crippen LogP contribution in [0.2, 0.25) is 0 Å². The molecule has 0 N–H and O–H groups in total. The fourth-order valence-electron chi connectivity index (χ4n) is 3.94. The van der Waals surface area contributed by atoms with Gasteiger partial charge >= 0.3 is 0 Å². The fourth-order valence-corrected chi connectivity index (χ4v) is 16.4. The minimum atomic E-state index is 1.25. The van der Waals surface area contributed by atoms with Gasteiger partial charge in [0, 0.05) is 19.5 Å². The number of hydrogen-bond donors (Lipinski definition) is 0. The molecule has 0 radical (unpaired) electrons. The van der Waals surface area contributed by atoms with Gasteiger partial charge in [0.05, 0.1) is 26.7 Å². The van der Waals surface area contributed by atoms with Crippen LogP contribution < -0.4 is 0 Å². The van der Waals surface area contributed by atoms with Gasteiger partial charge in [-0.25, -0.2) is 0 Å². The number of thioether (sulfide) groups is 6. The normalized spacial score (nSPS) is 15.4. The first kappa shape index (κ1) is 29.2. The van der Waals surface area contributed by atoms with E-state index in [1.54, 1.807) is 8.47 Å². The summed E-state index contributed by atoms with van der Waals surface area (Å²) in [4.78, 5) is 8.69. The van der Waals surface area contributed by atoms with Crippen LogP contribution in [0.15, 0.2) is 61.8 Å². The maximum atomic E-state index is 2.30. The number of rotatable bonds is 14. The molecule has 9 heteroatoms. The average molecular weight is 657 g/mol. The fraction of sp³-hybridized carbons (Fsp3) is 0.429. The van der Waals surface area contributed by atoms with E-state index in [0.717, 1.165) is 0 Å². The summed E-state index contributed by atoms with van der Waals surface area (Å²) in [7, 11) is 0. The molecule has 0 aliphatic carbocycles. The zero-order chi connectivity index (χ0) is 25.5. The lowest BCUT2D eigenvalue weighted by atomic mass is 10.2. The first-order valence-electron chi connectivity index (χ1n) is 13.0. The molecule has 5 heterocycles. The van der Waals surface area contributed by atoms with Gasteiger partial charge < -0.3 is 0 Å². The number of thiophene rings is 3. The highest BCUT2D eigenvalue weighted by atomic mass is 32.3. The third kappa shape index (κ3) is 7.50. The Bertz CT molecular complexity index is 1110. The van der Waals surface area contributed by atoms with E-state index in [1.807, 2.05) is 57.5 Å². The summed E-state index contributed by atoms with van der Waals surface area (Å²) in [5, 5.41) is 4.41. The molecule has 0 aromatic carbocycles. The van der Waals surface area contributed by atoms with Gasteiger partial charge in [0.25, 0.3) is 0 Å². The second kappa shape index (κ2) is 15.1. The maximum Gasteiger partial charge on any atom is 0.0717 e. The molecule has 0 saturated carbocycles. The summed E-state index contributed by atoms with van der Waals surface area (Å²) in [5.41, 5.74) is 0. The van der Waals surface area contributed by atoms with Gasteiger partial charge in [-0.1, -0.05) is 112 Å². The lowest BCUT2D eigenvalue weighted by Gasteiger charge is -2.05. The van der Waals surface area contributed by atoms with Crippen molar-refractivity contribution in [2.45, 2.75) is 75.0 Å². The van der Waals surface area contributed by atoms with Gasteiger partial charge in [-0.15, -0.1) is 57.5 Å². The van der Waals surface area contributed by atoms with E-state index in [-0.39, 0.29) is 0 Å². The second-order valence-electron chi connectivity index (χ2n) is 8.75. The molecule has 2 aliphatic rings. The minimum absolute atomic E-state index is 1.25. The van der Waals surface area contributed by atoms with Gasteiger partial charge in [-0.3, -0.25) is 0 Å². The third-order valence-corrected chi connectivity index (χ3v) is 18.3. The van der Waals surface area contributed by atoms with Gasteiger partial charge in [-0.05, 0) is 47.2 Å². The van der Waals surface area contributed by atoms with Crippen LogP contribution in [-0.2, 0) is 0 Å². The molecule has 5 rings (SSSR count). The van der Waals surface area contributed by atoms with Gasteiger partial charge in [0.1, 0.15) is 0 Å². The van der Waals surface area contributed by atoms with Crippen molar-refractivity contribution in [1.29, 1.82) is 0 Å². The SMILES string of the molecule is CCCCCCSC1=C(SCCCCCC)SC(=C2Sc3c(-c4cccs4)sc(-c4cccs4)c3S2)S1. The zero-order valence-electron chi connectivity index (χ0n) is 21.2. The Labute approximate surface area is 260 Å². The van der Waals surface area contributed by atoms with E-state index in [9.17, 15) is 0 Å². The predicted molar refractivity (Wildman–Crippen MR) is 185 cm³/mol. The van der Waals surface area contributed by atoms with E-state index >= 15 is 0 Å². The Morgan fingerprint density at radius 2 is 1.08 bits per heavy atom. The monoisotopic (exact) mass is 656 g/mol. The maximum absolute atomic E-state index is 2.30. The molecule has 0 unspecified atom stereocenters. The standard InChI is InChI=1S/C28H32S9/c1-3-5-7-9-15-31-25-26(32-16-10-8-6-4-2)37-28(36-25)27-34-23-21(19-13-11-17-29-19)33-22(24(23)35-27)20-14-12-18-30-20/h11-14,17-18H,3-10,15-16H2,1-2H3. The molecule has 3 aromatic rings. The van der Waals surface area contributed by atoms with Crippen molar-refractivity contribution in [2.24, 2.45) is 0 Å². The largest absolute Gasteiger partial charge is 0.143 e. The molecule has 0 nitrogen and oxygen atoms in total. The van der Waals surface area contributed by atoms with Crippen LogP contribution in [0.25, 0.3) is 19.5 Å². The molecule has 198 valence electrons. The summed E-state index contributed by atoms with van der Waals surface area (Å²) in [6, 6.07) is 8.94. The van der Waals surface area contributed by atoms with E-state index in [0.29, 0.717) is 0 Å². The topological polar surface area (TPSA) is 0 Å². The Kier molecular flexibility index (Phi) is 11.9. The molecule has 3 aromatic heterocycles. The highest BCUT2D eigenvalue weighted by Crippen LogP contribution is 2.68. The van der Waals surface area contributed by atoms with Crippen molar-refractivity contribution in [3.8, 4) is 19.5 Å². The van der Waals surface area contributed by atoms with Gasteiger partial charge in [0.15, 0.2) is 0 Å². The summed E-state index contributed by atoms with van der Waals surface area (Å²) in [6.45, 7) is 4.60. The van der Waals surface area contributed by atoms with Crippen LogP contribution in [0.3, 0.4) is 0 Å². The van der Waals surface area contributed by atoms with Crippen LogP contribution in [0.5, 0.6) is 0 Å². The number of hydrogen-bond acceptors (Lipinski definition) is 9. The van der Waals surface area contributed by atoms with Crippen LogP contribution in [0.1, 0.15) is 65.2 Å². The minimum Gasteiger partial charge on any atom is -0.143 e. The summed E-state index contributed by atoms with van der Waals surface area (Å²) in [5.74, 6) is 2.51. The first-order chi connectivity index (χ1) is 18.3. The van der Waals surface area contributed by atoms with Gasteiger partial charge in [-0.2, -0.15) is 0 Å². The predicted octanol–water partition coefficient (Wildman–Crippen LogP) is 13.8. The number of unbranched alkanes of at least 4 members (excludes halogenated alkanes) is 6. The van der Waals surface area contributed by atoms with Crippen molar-refractivity contribution >= 4 is 105 Å². The Balaban J connectivity index is 1.34. The number of fused-ring (bicyclic) bond motifs is 1. The molecule has 37 heavy (non-hydrogen) atoms. The van der Waals surface area contributed by atoms with Crippen molar-refractivity contribution in [2.75, 3.05) is 11.5 Å². The van der Waals surface area contributed by atoms with E-state index in [2.05, 4.69) is 95.9 Å². The molecule has 0 spiro atoms. The van der Waals surface area contributed by atoms with Crippen molar-refractivity contribution in [1.82, 2.24) is 0 Å². The van der Waals surface area contributed by atoms with E-state index < -0.39 is 0 Å². The second-order valence-corrected chi connectivity index (χ2v) is 19.0. The molecule has 0 saturated heterocycles. The molecule has 0 bridgehead atoms. The highest BCUT2D eigenvalue weighted by Gasteiger charge is 2.34. The smallest absolute Gasteiger partial charge is 0.0717 e. The van der Waals surface area contributed by atoms with Gasteiger partial charge in [0.2, 0.25) is 0 Å². The first-order valence-corrected chi connectivity index (χ1v) is 20.8. The summed E-state index contributed by atoms with van der Waals surface area (Å²) < 4.78 is 6.14. The average Bonchev–Trinajstić information content (AvgIpc) is 3.72. The van der Waals surface area contributed by atoms with Crippen molar-refractivity contribution < 1.29 is 0 Å². The van der Waals surface area contributed by atoms with Crippen LogP contribution in [0, 0.1) is 0 Å².